The molecular weight excluding hydrogens is 378 g/mol. The molecule has 5 rings (SSSR count). The van der Waals surface area contributed by atoms with Crippen molar-refractivity contribution in [1.82, 2.24) is 29.5 Å². The lowest BCUT2D eigenvalue weighted by Gasteiger charge is -2.34. The number of rotatable bonds is 4. The van der Waals surface area contributed by atoms with E-state index in [0.29, 0.717) is 18.3 Å². The molecule has 156 valence electrons. The van der Waals surface area contributed by atoms with E-state index in [0.717, 1.165) is 44.6 Å². The van der Waals surface area contributed by atoms with Crippen LogP contribution in [0.15, 0.2) is 41.7 Å². The molecule has 0 saturated carbocycles. The maximum Gasteiger partial charge on any atom is 0.266 e. The number of piperidine rings is 1. The number of hydrogen-bond acceptors (Lipinski definition) is 6. The Balaban J connectivity index is 1.27. The van der Waals surface area contributed by atoms with E-state index < -0.39 is 0 Å². The van der Waals surface area contributed by atoms with Crippen molar-refractivity contribution in [2.45, 2.75) is 51.5 Å². The van der Waals surface area contributed by atoms with Crippen molar-refractivity contribution in [3.05, 3.63) is 58.5 Å². The van der Waals surface area contributed by atoms with Crippen LogP contribution in [0.1, 0.15) is 43.4 Å². The molecule has 0 spiro atoms. The molecule has 1 saturated heterocycles. The van der Waals surface area contributed by atoms with Crippen molar-refractivity contribution in [1.29, 1.82) is 0 Å². The van der Waals surface area contributed by atoms with Crippen LogP contribution in [0, 0.1) is 5.92 Å². The first-order valence-electron chi connectivity index (χ1n) is 10.9. The molecule has 4 heterocycles. The summed E-state index contributed by atoms with van der Waals surface area (Å²) in [6.45, 7) is 2.56. The maximum atomic E-state index is 12.3. The van der Waals surface area contributed by atoms with Gasteiger partial charge in [-0.1, -0.05) is 6.42 Å². The van der Waals surface area contributed by atoms with Gasteiger partial charge in [-0.3, -0.25) is 4.79 Å². The largest absolute Gasteiger partial charge is 0.356 e. The van der Waals surface area contributed by atoms with Gasteiger partial charge in [0.1, 0.15) is 12.1 Å². The fourth-order valence-electron chi connectivity index (χ4n) is 4.62. The fourth-order valence-corrected chi connectivity index (χ4v) is 4.62. The highest BCUT2D eigenvalue weighted by molar-refractivity contribution is 5.49. The highest BCUT2D eigenvalue weighted by Gasteiger charge is 2.25. The second kappa shape index (κ2) is 8.38. The van der Waals surface area contributed by atoms with Gasteiger partial charge in [0, 0.05) is 49.4 Å². The first-order chi connectivity index (χ1) is 14.8. The molecule has 0 aromatic carbocycles. The molecule has 3 aromatic heterocycles. The third-order valence-electron chi connectivity index (χ3n) is 6.29. The molecule has 0 N–H and O–H groups in total. The monoisotopic (exact) mass is 405 g/mol. The van der Waals surface area contributed by atoms with Gasteiger partial charge in [-0.05, 0) is 56.6 Å². The lowest BCUT2D eigenvalue weighted by Crippen LogP contribution is -2.38. The van der Waals surface area contributed by atoms with Crippen molar-refractivity contribution in [2.24, 2.45) is 5.92 Å². The highest BCUT2D eigenvalue weighted by Crippen LogP contribution is 2.29. The number of hydrogen-bond donors (Lipinski definition) is 0. The summed E-state index contributed by atoms with van der Waals surface area (Å²) < 4.78 is 3.27. The highest BCUT2D eigenvalue weighted by atomic mass is 16.1. The Hall–Kier alpha value is -3.03. The summed E-state index contributed by atoms with van der Waals surface area (Å²) in [6, 6.07) is 5.14. The van der Waals surface area contributed by atoms with Gasteiger partial charge in [-0.15, -0.1) is 5.10 Å². The molecule has 2 aliphatic rings. The average Bonchev–Trinajstić information content (AvgIpc) is 3.20. The van der Waals surface area contributed by atoms with Crippen LogP contribution in [-0.2, 0) is 19.4 Å². The molecule has 3 aromatic rings. The Labute approximate surface area is 175 Å². The van der Waals surface area contributed by atoms with Gasteiger partial charge in [0.25, 0.3) is 5.56 Å². The Morgan fingerprint density at radius 3 is 2.73 bits per heavy atom. The molecule has 30 heavy (non-hydrogen) atoms. The van der Waals surface area contributed by atoms with Gasteiger partial charge >= 0.3 is 0 Å². The first-order valence-corrected chi connectivity index (χ1v) is 10.9. The first kappa shape index (κ1) is 19.0. The lowest BCUT2D eigenvalue weighted by atomic mass is 9.96. The van der Waals surface area contributed by atoms with Crippen LogP contribution in [0.4, 0.5) is 5.82 Å². The van der Waals surface area contributed by atoms with Gasteiger partial charge in [0.2, 0.25) is 0 Å². The van der Waals surface area contributed by atoms with Crippen molar-refractivity contribution in [2.75, 3.05) is 18.0 Å². The van der Waals surface area contributed by atoms with E-state index >= 15 is 0 Å². The third-order valence-corrected chi connectivity index (χ3v) is 6.29. The second-order valence-electron chi connectivity index (χ2n) is 8.28. The van der Waals surface area contributed by atoms with Gasteiger partial charge in [-0.2, -0.15) is 5.10 Å². The number of aromatic nitrogens is 6. The number of aryl methyl sites for hydroxylation is 1. The number of anilines is 1. The van der Waals surface area contributed by atoms with Crippen LogP contribution < -0.4 is 10.5 Å². The maximum absolute atomic E-state index is 12.3. The predicted molar refractivity (Wildman–Crippen MR) is 114 cm³/mol. The van der Waals surface area contributed by atoms with Crippen LogP contribution in [0.25, 0.3) is 5.82 Å². The number of fused-ring (bicyclic) bond motifs is 1. The standard InChI is InChI=1S/C22H27N7O/c30-21-8-7-20(28-12-4-11-25-28)26-29(21)15-17-9-13-27(14-10-17)22-18-5-2-1-3-6-19(18)23-16-24-22/h4,7-8,11-12,16-17H,1-3,5-6,9-10,13-15H2. The minimum atomic E-state index is -0.0607. The van der Waals surface area contributed by atoms with E-state index in [2.05, 4.69) is 25.1 Å². The Morgan fingerprint density at radius 2 is 1.90 bits per heavy atom. The summed E-state index contributed by atoms with van der Waals surface area (Å²) in [5, 5.41) is 8.73. The lowest BCUT2D eigenvalue weighted by molar-refractivity contribution is 0.333. The molecule has 0 atom stereocenters. The molecule has 1 fully saturated rings. The molecule has 0 radical (unpaired) electrons. The summed E-state index contributed by atoms with van der Waals surface area (Å²) in [4.78, 5) is 24.0. The van der Waals surface area contributed by atoms with Crippen LogP contribution in [0.2, 0.25) is 0 Å². The van der Waals surface area contributed by atoms with Gasteiger partial charge < -0.3 is 4.90 Å². The molecular formula is C22H27N7O. The topological polar surface area (TPSA) is 81.7 Å². The summed E-state index contributed by atoms with van der Waals surface area (Å²) in [6.07, 6.45) is 13.2. The van der Waals surface area contributed by atoms with Gasteiger partial charge in [-0.25, -0.2) is 19.3 Å². The SMILES string of the molecule is O=c1ccc(-n2cccn2)nn1CC1CCN(c2ncnc3c2CCCCC3)CC1. The predicted octanol–water partition coefficient (Wildman–Crippen LogP) is 2.40. The minimum absolute atomic E-state index is 0.0607. The molecule has 0 amide bonds. The molecule has 8 heteroatoms. The third kappa shape index (κ3) is 3.86. The molecule has 0 unspecified atom stereocenters. The molecule has 0 bridgehead atoms. The van der Waals surface area contributed by atoms with E-state index in [1.807, 2.05) is 12.3 Å². The molecule has 1 aliphatic carbocycles. The fraction of sp³-hybridized carbons (Fsp3) is 0.500. The normalized spacial score (nSPS) is 17.5. The zero-order chi connectivity index (χ0) is 20.3. The Morgan fingerprint density at radius 1 is 1.03 bits per heavy atom. The van der Waals surface area contributed by atoms with Gasteiger partial charge in [0.15, 0.2) is 5.82 Å². The summed E-state index contributed by atoms with van der Waals surface area (Å²) in [5.74, 6) is 2.23. The van der Waals surface area contributed by atoms with Crippen molar-refractivity contribution >= 4 is 5.82 Å². The van der Waals surface area contributed by atoms with Crippen LogP contribution in [0.3, 0.4) is 0 Å². The van der Waals surface area contributed by atoms with Crippen LogP contribution in [-0.4, -0.2) is 42.6 Å². The minimum Gasteiger partial charge on any atom is -0.356 e. The van der Waals surface area contributed by atoms with E-state index in [1.54, 1.807) is 34.0 Å². The Kier molecular flexibility index (Phi) is 5.29. The van der Waals surface area contributed by atoms with E-state index in [1.165, 1.54) is 30.5 Å². The van der Waals surface area contributed by atoms with Crippen LogP contribution >= 0.6 is 0 Å². The van der Waals surface area contributed by atoms with Crippen LogP contribution in [0.5, 0.6) is 0 Å². The smallest absolute Gasteiger partial charge is 0.266 e. The van der Waals surface area contributed by atoms with Crippen molar-refractivity contribution < 1.29 is 0 Å². The van der Waals surface area contributed by atoms with Gasteiger partial charge in [0.05, 0.1) is 0 Å². The zero-order valence-corrected chi connectivity index (χ0v) is 17.2. The zero-order valence-electron chi connectivity index (χ0n) is 17.2. The number of nitrogens with zero attached hydrogens (tertiary/aromatic N) is 7. The average molecular weight is 406 g/mol. The molecule has 8 nitrogen and oxygen atoms in total. The van der Waals surface area contributed by atoms with Crippen molar-refractivity contribution in [3.63, 3.8) is 0 Å². The summed E-state index contributed by atoms with van der Waals surface area (Å²) in [5.41, 5.74) is 2.54. The van der Waals surface area contributed by atoms with E-state index in [4.69, 9.17) is 0 Å². The summed E-state index contributed by atoms with van der Waals surface area (Å²) in [7, 11) is 0. The van der Waals surface area contributed by atoms with E-state index in [-0.39, 0.29) is 5.56 Å². The van der Waals surface area contributed by atoms with E-state index in [9.17, 15) is 4.79 Å². The van der Waals surface area contributed by atoms with Crippen molar-refractivity contribution in [3.8, 4) is 5.82 Å². The quantitative estimate of drug-likeness (QED) is 0.620. The Bertz CT molecular complexity index is 1050. The second-order valence-corrected chi connectivity index (χ2v) is 8.28. The summed E-state index contributed by atoms with van der Waals surface area (Å²) >= 11 is 0. The molecule has 1 aliphatic heterocycles.